The molecule has 1 aliphatic rings. The first kappa shape index (κ1) is 16.4. The Labute approximate surface area is 151 Å². The highest BCUT2D eigenvalue weighted by molar-refractivity contribution is 5.99. The van der Waals surface area contributed by atoms with Gasteiger partial charge in [0.05, 0.1) is 0 Å². The van der Waals surface area contributed by atoms with Gasteiger partial charge >= 0.3 is 0 Å². The Morgan fingerprint density at radius 2 is 1.92 bits per heavy atom. The molecular weight excluding hydrogens is 328 g/mol. The van der Waals surface area contributed by atoms with E-state index in [-0.39, 0.29) is 11.8 Å². The minimum atomic E-state index is -0.225. The number of aryl methyl sites for hydroxylation is 1. The first-order valence-corrected chi connectivity index (χ1v) is 8.79. The highest BCUT2D eigenvalue weighted by Crippen LogP contribution is 2.25. The molecule has 26 heavy (non-hydrogen) atoms. The van der Waals surface area contributed by atoms with Gasteiger partial charge in [-0.1, -0.05) is 30.3 Å². The maximum Gasteiger partial charge on any atom is 0.287 e. The van der Waals surface area contributed by atoms with E-state index in [4.69, 9.17) is 4.42 Å². The summed E-state index contributed by atoms with van der Waals surface area (Å²) in [5, 5.41) is 3.86. The Balaban J connectivity index is 1.44. The van der Waals surface area contributed by atoms with Crippen LogP contribution in [0.2, 0.25) is 0 Å². The lowest BCUT2D eigenvalue weighted by Crippen LogP contribution is -2.24. The third-order valence-electron chi connectivity index (χ3n) is 4.82. The lowest BCUT2D eigenvalue weighted by atomic mass is 10.1. The third kappa shape index (κ3) is 2.96. The molecule has 3 aromatic rings. The van der Waals surface area contributed by atoms with Crippen molar-refractivity contribution in [1.82, 2.24) is 5.32 Å². The normalized spacial score (nSPS) is 14.2. The Hall–Kier alpha value is -3.08. The average molecular weight is 348 g/mol. The molecule has 2 amide bonds. The summed E-state index contributed by atoms with van der Waals surface area (Å²) in [6.07, 6.45) is 1.53. The molecule has 0 atom stereocenters. The highest BCUT2D eigenvalue weighted by atomic mass is 16.3. The SMILES string of the molecule is Cc1c(C(=O)NCc2ccc(N3CCCC3=O)cc2)oc2ccccc12. The standard InChI is InChI=1S/C21H20N2O3/c1-14-17-5-2-3-6-18(17)26-20(14)21(25)22-13-15-8-10-16(11-9-15)23-12-4-7-19(23)24/h2-3,5-6,8-11H,4,7,12-13H2,1H3,(H,22,25). The number of fused-ring (bicyclic) bond motifs is 1. The number of hydrogen-bond donors (Lipinski definition) is 1. The van der Waals surface area contributed by atoms with E-state index in [0.717, 1.165) is 40.7 Å². The molecule has 4 rings (SSSR count). The summed E-state index contributed by atoms with van der Waals surface area (Å²) in [7, 11) is 0. The third-order valence-corrected chi connectivity index (χ3v) is 4.82. The molecule has 1 aromatic heterocycles. The van der Waals surface area contributed by atoms with Gasteiger partial charge in [0.15, 0.2) is 5.76 Å². The van der Waals surface area contributed by atoms with Crippen LogP contribution >= 0.6 is 0 Å². The fraction of sp³-hybridized carbons (Fsp3) is 0.238. The van der Waals surface area contributed by atoms with Crippen molar-refractivity contribution in [1.29, 1.82) is 0 Å². The lowest BCUT2D eigenvalue weighted by Gasteiger charge is -2.16. The summed E-state index contributed by atoms with van der Waals surface area (Å²) >= 11 is 0. The zero-order valence-electron chi connectivity index (χ0n) is 14.6. The smallest absolute Gasteiger partial charge is 0.287 e. The minimum Gasteiger partial charge on any atom is -0.451 e. The molecule has 5 nitrogen and oxygen atoms in total. The average Bonchev–Trinajstić information content (AvgIpc) is 3.24. The molecular formula is C21H20N2O3. The quantitative estimate of drug-likeness (QED) is 0.780. The Morgan fingerprint density at radius 1 is 1.15 bits per heavy atom. The minimum absolute atomic E-state index is 0.173. The van der Waals surface area contributed by atoms with Crippen LogP contribution in [0.15, 0.2) is 52.9 Å². The van der Waals surface area contributed by atoms with Gasteiger partial charge in [-0.25, -0.2) is 0 Å². The second-order valence-corrected chi connectivity index (χ2v) is 6.55. The molecule has 0 unspecified atom stereocenters. The zero-order valence-corrected chi connectivity index (χ0v) is 14.6. The van der Waals surface area contributed by atoms with Gasteiger partial charge in [-0.2, -0.15) is 0 Å². The first-order chi connectivity index (χ1) is 12.6. The number of amides is 2. The fourth-order valence-corrected chi connectivity index (χ4v) is 3.37. The van der Waals surface area contributed by atoms with Crippen LogP contribution in [0.3, 0.4) is 0 Å². The van der Waals surface area contributed by atoms with Crippen molar-refractivity contribution in [3.63, 3.8) is 0 Å². The number of benzene rings is 2. The Bertz CT molecular complexity index is 973. The molecule has 2 aromatic carbocycles. The molecule has 1 N–H and O–H groups in total. The summed E-state index contributed by atoms with van der Waals surface area (Å²) in [5.41, 5.74) is 3.45. The van der Waals surface area contributed by atoms with Crippen molar-refractivity contribution in [3.05, 3.63) is 65.4 Å². The van der Waals surface area contributed by atoms with Crippen LogP contribution in [0.4, 0.5) is 5.69 Å². The van der Waals surface area contributed by atoms with Crippen molar-refractivity contribution < 1.29 is 14.0 Å². The van der Waals surface area contributed by atoms with Crippen molar-refractivity contribution in [2.45, 2.75) is 26.3 Å². The van der Waals surface area contributed by atoms with Crippen molar-refractivity contribution in [2.24, 2.45) is 0 Å². The number of anilines is 1. The first-order valence-electron chi connectivity index (χ1n) is 8.79. The summed E-state index contributed by atoms with van der Waals surface area (Å²) < 4.78 is 5.69. The van der Waals surface area contributed by atoms with E-state index in [1.165, 1.54) is 0 Å². The zero-order chi connectivity index (χ0) is 18.1. The summed E-state index contributed by atoms with van der Waals surface area (Å²) in [6, 6.07) is 15.4. The number of furan rings is 1. The molecule has 0 aliphatic carbocycles. The molecule has 1 fully saturated rings. The van der Waals surface area contributed by atoms with Gasteiger partial charge in [0, 0.05) is 36.1 Å². The number of carbonyl (C=O) groups excluding carboxylic acids is 2. The highest BCUT2D eigenvalue weighted by Gasteiger charge is 2.21. The van der Waals surface area contributed by atoms with E-state index in [0.29, 0.717) is 18.7 Å². The maximum absolute atomic E-state index is 12.5. The van der Waals surface area contributed by atoms with Gasteiger partial charge in [-0.3, -0.25) is 9.59 Å². The van der Waals surface area contributed by atoms with Crippen LogP contribution in [0.25, 0.3) is 11.0 Å². The molecule has 0 saturated carbocycles. The number of rotatable bonds is 4. The Kier molecular flexibility index (Phi) is 4.21. The van der Waals surface area contributed by atoms with Gasteiger partial charge < -0.3 is 14.6 Å². The number of carbonyl (C=O) groups is 2. The van der Waals surface area contributed by atoms with Crippen molar-refractivity contribution in [2.75, 3.05) is 11.4 Å². The largest absolute Gasteiger partial charge is 0.451 e. The number of hydrogen-bond acceptors (Lipinski definition) is 3. The fourth-order valence-electron chi connectivity index (χ4n) is 3.37. The monoisotopic (exact) mass is 348 g/mol. The molecule has 0 bridgehead atoms. The van der Waals surface area contributed by atoms with Crippen LogP contribution in [-0.2, 0) is 11.3 Å². The van der Waals surface area contributed by atoms with Gasteiger partial charge in [-0.05, 0) is 37.1 Å². The van der Waals surface area contributed by atoms with Crippen LogP contribution in [0, 0.1) is 6.92 Å². The van der Waals surface area contributed by atoms with Crippen LogP contribution < -0.4 is 10.2 Å². The summed E-state index contributed by atoms with van der Waals surface area (Å²) in [5.74, 6) is 0.300. The second-order valence-electron chi connectivity index (χ2n) is 6.55. The van der Waals surface area contributed by atoms with Crippen molar-refractivity contribution in [3.8, 4) is 0 Å². The number of nitrogens with one attached hydrogen (secondary N) is 1. The van der Waals surface area contributed by atoms with Crippen molar-refractivity contribution >= 4 is 28.5 Å². The van der Waals surface area contributed by atoms with E-state index < -0.39 is 0 Å². The number of para-hydroxylation sites is 1. The predicted octanol–water partition coefficient (Wildman–Crippen LogP) is 3.80. The second kappa shape index (κ2) is 6.67. The molecule has 0 radical (unpaired) electrons. The molecule has 1 aliphatic heterocycles. The van der Waals surface area contributed by atoms with E-state index in [1.54, 1.807) is 4.90 Å². The molecule has 2 heterocycles. The van der Waals surface area contributed by atoms with Crippen LogP contribution in [0.5, 0.6) is 0 Å². The maximum atomic E-state index is 12.5. The summed E-state index contributed by atoms with van der Waals surface area (Å²) in [4.78, 5) is 26.1. The van der Waals surface area contributed by atoms with Gasteiger partial charge in [0.1, 0.15) is 5.58 Å². The molecule has 5 heteroatoms. The number of nitrogens with zero attached hydrogens (tertiary/aromatic N) is 1. The molecule has 132 valence electrons. The van der Waals surface area contributed by atoms with Crippen LogP contribution in [0.1, 0.15) is 34.5 Å². The predicted molar refractivity (Wildman–Crippen MR) is 100 cm³/mol. The van der Waals surface area contributed by atoms with Gasteiger partial charge in [0.2, 0.25) is 5.91 Å². The van der Waals surface area contributed by atoms with E-state index in [9.17, 15) is 9.59 Å². The van der Waals surface area contributed by atoms with Gasteiger partial charge in [0.25, 0.3) is 5.91 Å². The molecule has 1 saturated heterocycles. The summed E-state index contributed by atoms with van der Waals surface area (Å²) in [6.45, 7) is 3.08. The van der Waals surface area contributed by atoms with E-state index in [2.05, 4.69) is 5.32 Å². The Morgan fingerprint density at radius 3 is 2.62 bits per heavy atom. The van der Waals surface area contributed by atoms with Gasteiger partial charge in [-0.15, -0.1) is 0 Å². The topological polar surface area (TPSA) is 62.6 Å². The van der Waals surface area contributed by atoms with E-state index >= 15 is 0 Å². The molecule has 0 spiro atoms. The lowest BCUT2D eigenvalue weighted by molar-refractivity contribution is -0.117. The van der Waals surface area contributed by atoms with Crippen LogP contribution in [-0.4, -0.2) is 18.4 Å². The van der Waals surface area contributed by atoms with E-state index in [1.807, 2.05) is 55.5 Å².